The summed E-state index contributed by atoms with van der Waals surface area (Å²) in [6.07, 6.45) is 1.02. The van der Waals surface area contributed by atoms with Gasteiger partial charge >= 0.3 is 0 Å². The minimum atomic E-state index is -0.308. The molecular weight excluding hydrogens is 218 g/mol. The molecule has 0 spiro atoms. The molecule has 3 unspecified atom stereocenters. The van der Waals surface area contributed by atoms with Gasteiger partial charge in [-0.15, -0.1) is 11.3 Å². The molecule has 0 amide bonds. The van der Waals surface area contributed by atoms with Crippen molar-refractivity contribution in [3.8, 4) is 0 Å². The molecule has 0 saturated carbocycles. The second kappa shape index (κ2) is 5.30. The molecule has 0 radical (unpaired) electrons. The predicted molar refractivity (Wildman–Crippen MR) is 68.7 cm³/mol. The molecule has 1 N–H and O–H groups in total. The molecule has 2 heterocycles. The molecule has 90 valence electrons. The van der Waals surface area contributed by atoms with E-state index in [0.29, 0.717) is 0 Å². The Morgan fingerprint density at radius 2 is 2.12 bits per heavy atom. The van der Waals surface area contributed by atoms with Gasteiger partial charge in [0.1, 0.15) is 6.10 Å². The number of aliphatic hydroxyl groups excluding tert-OH is 1. The first-order valence-corrected chi connectivity index (χ1v) is 6.97. The van der Waals surface area contributed by atoms with Crippen LogP contribution in [0.25, 0.3) is 0 Å². The second-order valence-electron chi connectivity index (χ2n) is 5.20. The Morgan fingerprint density at radius 1 is 1.44 bits per heavy atom. The lowest BCUT2D eigenvalue weighted by molar-refractivity contribution is 0.0716. The summed E-state index contributed by atoms with van der Waals surface area (Å²) in [5.74, 6) is 1.53. The van der Waals surface area contributed by atoms with Crippen molar-refractivity contribution in [1.29, 1.82) is 0 Å². The summed E-state index contributed by atoms with van der Waals surface area (Å²) in [7, 11) is 0. The molecule has 0 bridgehead atoms. The largest absolute Gasteiger partial charge is 0.386 e. The van der Waals surface area contributed by atoms with Gasteiger partial charge in [0.15, 0.2) is 0 Å². The molecule has 1 aliphatic heterocycles. The van der Waals surface area contributed by atoms with Gasteiger partial charge in [-0.3, -0.25) is 4.90 Å². The molecule has 3 heteroatoms. The van der Waals surface area contributed by atoms with E-state index < -0.39 is 0 Å². The molecule has 0 aliphatic carbocycles. The molecule has 1 aromatic rings. The Kier molecular flexibility index (Phi) is 4.00. The van der Waals surface area contributed by atoms with Crippen LogP contribution in [0.1, 0.15) is 31.2 Å². The van der Waals surface area contributed by atoms with Crippen LogP contribution < -0.4 is 0 Å². The number of thiophene rings is 1. The third-order valence-corrected chi connectivity index (χ3v) is 4.22. The first-order valence-electron chi connectivity index (χ1n) is 6.09. The van der Waals surface area contributed by atoms with E-state index in [1.165, 1.54) is 6.42 Å². The Labute approximate surface area is 102 Å². The summed E-state index contributed by atoms with van der Waals surface area (Å²) >= 11 is 1.64. The van der Waals surface area contributed by atoms with Gasteiger partial charge in [-0.25, -0.2) is 0 Å². The van der Waals surface area contributed by atoms with Crippen LogP contribution in [0.15, 0.2) is 17.5 Å². The Bertz CT molecular complexity index is 302. The standard InChI is InChI=1S/C13H21NOS/c1-10-6-11(2)8-14(7-10)9-12(15)13-4-3-5-16-13/h3-5,10-12,15H,6-9H2,1-2H3. The van der Waals surface area contributed by atoms with E-state index in [1.54, 1.807) is 11.3 Å². The highest BCUT2D eigenvalue weighted by Crippen LogP contribution is 2.25. The van der Waals surface area contributed by atoms with Crippen molar-refractivity contribution in [3.63, 3.8) is 0 Å². The third kappa shape index (κ3) is 3.06. The first-order chi connectivity index (χ1) is 7.65. The summed E-state index contributed by atoms with van der Waals surface area (Å²) in [5.41, 5.74) is 0. The lowest BCUT2D eigenvalue weighted by Gasteiger charge is -2.35. The average Bonchev–Trinajstić information content (AvgIpc) is 2.68. The smallest absolute Gasteiger partial charge is 0.101 e. The van der Waals surface area contributed by atoms with Crippen LogP contribution >= 0.6 is 11.3 Å². The van der Waals surface area contributed by atoms with E-state index >= 15 is 0 Å². The van der Waals surface area contributed by atoms with Crippen LogP contribution in [0.5, 0.6) is 0 Å². The zero-order valence-electron chi connectivity index (χ0n) is 10.1. The third-order valence-electron chi connectivity index (χ3n) is 3.25. The van der Waals surface area contributed by atoms with Crippen molar-refractivity contribution in [2.24, 2.45) is 11.8 Å². The highest BCUT2D eigenvalue weighted by Gasteiger charge is 2.23. The monoisotopic (exact) mass is 239 g/mol. The molecular formula is C13H21NOS. The summed E-state index contributed by atoms with van der Waals surface area (Å²) in [5, 5.41) is 12.1. The lowest BCUT2D eigenvalue weighted by Crippen LogP contribution is -2.40. The molecule has 2 nitrogen and oxygen atoms in total. The topological polar surface area (TPSA) is 23.5 Å². The maximum Gasteiger partial charge on any atom is 0.101 e. The van der Waals surface area contributed by atoms with Gasteiger partial charge in [0.05, 0.1) is 0 Å². The summed E-state index contributed by atoms with van der Waals surface area (Å²) in [4.78, 5) is 3.49. The molecule has 3 atom stereocenters. The molecule has 16 heavy (non-hydrogen) atoms. The number of hydrogen-bond acceptors (Lipinski definition) is 3. The van der Waals surface area contributed by atoms with Crippen molar-refractivity contribution in [2.75, 3.05) is 19.6 Å². The van der Waals surface area contributed by atoms with Crippen molar-refractivity contribution in [1.82, 2.24) is 4.90 Å². The molecule has 1 aliphatic rings. The van der Waals surface area contributed by atoms with Crippen molar-refractivity contribution < 1.29 is 5.11 Å². The van der Waals surface area contributed by atoms with Gasteiger partial charge in [0, 0.05) is 24.5 Å². The number of likely N-dealkylation sites (tertiary alicyclic amines) is 1. The number of piperidine rings is 1. The van der Waals surface area contributed by atoms with Crippen molar-refractivity contribution >= 4 is 11.3 Å². The highest BCUT2D eigenvalue weighted by atomic mass is 32.1. The Hall–Kier alpha value is -0.380. The maximum atomic E-state index is 10.1. The molecule has 1 fully saturated rings. The normalized spacial score (nSPS) is 29.2. The summed E-state index contributed by atoms with van der Waals surface area (Å²) in [6.45, 7) is 7.66. The lowest BCUT2D eigenvalue weighted by atomic mass is 9.92. The zero-order valence-corrected chi connectivity index (χ0v) is 10.9. The van der Waals surface area contributed by atoms with Crippen LogP contribution in [0.4, 0.5) is 0 Å². The number of aliphatic hydroxyl groups is 1. The van der Waals surface area contributed by atoms with E-state index in [-0.39, 0.29) is 6.10 Å². The fourth-order valence-corrected chi connectivity index (χ4v) is 3.46. The fourth-order valence-electron chi connectivity index (χ4n) is 2.76. The van der Waals surface area contributed by atoms with Crippen LogP contribution in [0.3, 0.4) is 0 Å². The van der Waals surface area contributed by atoms with E-state index in [1.807, 2.05) is 17.5 Å². The maximum absolute atomic E-state index is 10.1. The van der Waals surface area contributed by atoms with Gasteiger partial charge in [-0.1, -0.05) is 19.9 Å². The predicted octanol–water partition coefficient (Wildman–Crippen LogP) is 2.76. The number of hydrogen-bond donors (Lipinski definition) is 1. The van der Waals surface area contributed by atoms with Crippen LogP contribution in [-0.2, 0) is 0 Å². The Balaban J connectivity index is 1.89. The van der Waals surface area contributed by atoms with Crippen molar-refractivity contribution in [2.45, 2.75) is 26.4 Å². The Morgan fingerprint density at radius 3 is 2.69 bits per heavy atom. The van der Waals surface area contributed by atoms with Gasteiger partial charge in [0.25, 0.3) is 0 Å². The van der Waals surface area contributed by atoms with E-state index in [4.69, 9.17) is 0 Å². The number of rotatable bonds is 3. The first kappa shape index (κ1) is 12.1. The van der Waals surface area contributed by atoms with Crippen LogP contribution in [-0.4, -0.2) is 29.6 Å². The summed E-state index contributed by atoms with van der Waals surface area (Å²) in [6, 6.07) is 4.02. The van der Waals surface area contributed by atoms with Crippen molar-refractivity contribution in [3.05, 3.63) is 22.4 Å². The molecule has 0 aromatic carbocycles. The second-order valence-corrected chi connectivity index (χ2v) is 6.18. The van der Waals surface area contributed by atoms with Gasteiger partial charge < -0.3 is 5.11 Å². The van der Waals surface area contributed by atoms with Crippen LogP contribution in [0, 0.1) is 11.8 Å². The fraction of sp³-hybridized carbons (Fsp3) is 0.692. The SMILES string of the molecule is CC1CC(C)CN(CC(O)c2cccs2)C1. The van der Waals surface area contributed by atoms with E-state index in [0.717, 1.165) is 36.3 Å². The molecule has 2 rings (SSSR count). The highest BCUT2D eigenvalue weighted by molar-refractivity contribution is 7.10. The zero-order chi connectivity index (χ0) is 11.5. The van der Waals surface area contributed by atoms with Crippen LogP contribution in [0.2, 0.25) is 0 Å². The quantitative estimate of drug-likeness (QED) is 0.876. The van der Waals surface area contributed by atoms with Gasteiger partial charge in [-0.05, 0) is 29.7 Å². The number of nitrogens with zero attached hydrogens (tertiary/aromatic N) is 1. The van der Waals surface area contributed by atoms with Gasteiger partial charge in [-0.2, -0.15) is 0 Å². The summed E-state index contributed by atoms with van der Waals surface area (Å²) < 4.78 is 0. The minimum absolute atomic E-state index is 0.308. The minimum Gasteiger partial charge on any atom is -0.386 e. The average molecular weight is 239 g/mol. The molecule has 1 saturated heterocycles. The van der Waals surface area contributed by atoms with E-state index in [2.05, 4.69) is 18.7 Å². The number of β-amino-alcohol motifs (C(OH)–C–C–N with tert-alkyl or cyclic N) is 1. The van der Waals surface area contributed by atoms with Gasteiger partial charge in [0.2, 0.25) is 0 Å². The molecule has 1 aromatic heterocycles. The van der Waals surface area contributed by atoms with E-state index in [9.17, 15) is 5.11 Å².